The minimum absolute atomic E-state index is 0.0904. The lowest BCUT2D eigenvalue weighted by molar-refractivity contribution is 0.177. The Morgan fingerprint density at radius 1 is 1.24 bits per heavy atom. The van der Waals surface area contributed by atoms with Gasteiger partial charge in [0.2, 0.25) is 0 Å². The highest BCUT2D eigenvalue weighted by Crippen LogP contribution is 2.21. The van der Waals surface area contributed by atoms with Gasteiger partial charge in [-0.1, -0.05) is 32.0 Å². The van der Waals surface area contributed by atoms with Crippen LogP contribution in [0.4, 0.5) is 4.79 Å². The Morgan fingerprint density at radius 3 is 2.48 bits per heavy atom. The van der Waals surface area contributed by atoms with Crippen LogP contribution in [0.15, 0.2) is 18.2 Å². The van der Waals surface area contributed by atoms with Crippen LogP contribution in [0, 0.1) is 19.8 Å². The maximum Gasteiger partial charge on any atom is 0.315 e. The summed E-state index contributed by atoms with van der Waals surface area (Å²) < 4.78 is 5.81. The number of aryl methyl sites for hydroxylation is 2. The number of urea groups is 1. The number of hydrogen-bond donors (Lipinski definition) is 2. The van der Waals surface area contributed by atoms with E-state index < -0.39 is 0 Å². The van der Waals surface area contributed by atoms with Crippen LogP contribution in [0.2, 0.25) is 0 Å². The summed E-state index contributed by atoms with van der Waals surface area (Å²) >= 11 is 0. The highest BCUT2D eigenvalue weighted by Gasteiger charge is 2.20. The fourth-order valence-electron chi connectivity index (χ4n) is 3.36. The summed E-state index contributed by atoms with van der Waals surface area (Å²) in [5.74, 6) is 1.62. The van der Waals surface area contributed by atoms with Gasteiger partial charge < -0.3 is 20.3 Å². The van der Waals surface area contributed by atoms with Gasteiger partial charge in [-0.3, -0.25) is 0 Å². The van der Waals surface area contributed by atoms with Crippen molar-refractivity contribution in [3.05, 3.63) is 29.3 Å². The second-order valence-electron chi connectivity index (χ2n) is 7.44. The molecule has 0 bridgehead atoms. The first kappa shape index (κ1) is 19.6. The molecule has 1 aliphatic heterocycles. The van der Waals surface area contributed by atoms with Crippen molar-refractivity contribution in [3.8, 4) is 5.75 Å². The Balaban J connectivity index is 1.62. The van der Waals surface area contributed by atoms with E-state index in [0.717, 1.165) is 49.4 Å². The molecule has 0 atom stereocenters. The quantitative estimate of drug-likeness (QED) is 0.745. The van der Waals surface area contributed by atoms with E-state index in [2.05, 4.69) is 29.4 Å². The Kier molecular flexibility index (Phi) is 7.56. The molecule has 2 N–H and O–H groups in total. The molecule has 0 aliphatic carbocycles. The second-order valence-corrected chi connectivity index (χ2v) is 7.44. The maximum absolute atomic E-state index is 12.0. The number of carbonyl (C=O) groups is 1. The molecule has 5 nitrogen and oxygen atoms in total. The predicted molar refractivity (Wildman–Crippen MR) is 102 cm³/mol. The zero-order valence-corrected chi connectivity index (χ0v) is 16.1. The molecule has 0 aromatic heterocycles. The molecule has 1 aromatic carbocycles. The van der Waals surface area contributed by atoms with Gasteiger partial charge >= 0.3 is 6.03 Å². The smallest absolute Gasteiger partial charge is 0.315 e. The van der Waals surface area contributed by atoms with Gasteiger partial charge in [-0.25, -0.2) is 4.79 Å². The minimum Gasteiger partial charge on any atom is -0.491 e. The average molecular weight is 348 g/mol. The van der Waals surface area contributed by atoms with Gasteiger partial charge in [0.05, 0.1) is 6.54 Å². The number of carbonyl (C=O) groups excluding carboxylic acids is 1. The number of rotatable bonds is 7. The standard InChI is InChI=1S/C20H33N3O2/c1-15(2)14-23-11-8-18(9-12-23)22-20(24)21-10-13-25-19-16(3)6-5-7-17(19)4/h5-7,15,18H,8-14H2,1-4H3,(H2,21,22,24). The van der Waals surface area contributed by atoms with Crippen molar-refractivity contribution >= 4 is 6.03 Å². The van der Waals surface area contributed by atoms with Gasteiger partial charge in [0.1, 0.15) is 12.4 Å². The Bertz CT molecular complexity index is 532. The minimum atomic E-state index is -0.0904. The molecule has 25 heavy (non-hydrogen) atoms. The van der Waals surface area contributed by atoms with Gasteiger partial charge in [-0.15, -0.1) is 0 Å². The largest absolute Gasteiger partial charge is 0.491 e. The Hall–Kier alpha value is -1.75. The molecule has 1 heterocycles. The van der Waals surface area contributed by atoms with E-state index in [-0.39, 0.29) is 12.1 Å². The number of para-hydroxylation sites is 1. The maximum atomic E-state index is 12.0. The van der Waals surface area contributed by atoms with Crippen LogP contribution in [0.5, 0.6) is 5.75 Å². The van der Waals surface area contributed by atoms with Crippen LogP contribution >= 0.6 is 0 Å². The molecule has 0 spiro atoms. The normalized spacial score (nSPS) is 16.0. The first-order chi connectivity index (χ1) is 12.0. The van der Waals surface area contributed by atoms with Crippen molar-refractivity contribution in [2.45, 2.75) is 46.6 Å². The van der Waals surface area contributed by atoms with Gasteiger partial charge in [-0.2, -0.15) is 0 Å². The fourth-order valence-corrected chi connectivity index (χ4v) is 3.36. The van der Waals surface area contributed by atoms with Crippen LogP contribution in [-0.4, -0.2) is 49.8 Å². The topological polar surface area (TPSA) is 53.6 Å². The number of benzene rings is 1. The summed E-state index contributed by atoms with van der Waals surface area (Å²) in [4.78, 5) is 14.5. The van der Waals surface area contributed by atoms with Crippen LogP contribution in [0.1, 0.15) is 37.8 Å². The van der Waals surface area contributed by atoms with Gasteiger partial charge in [-0.05, 0) is 43.7 Å². The molecule has 1 fully saturated rings. The molecule has 2 amide bonds. The molecular weight excluding hydrogens is 314 g/mol. The lowest BCUT2D eigenvalue weighted by Crippen LogP contribution is -2.48. The summed E-state index contributed by atoms with van der Waals surface area (Å²) in [6.07, 6.45) is 2.05. The first-order valence-corrected chi connectivity index (χ1v) is 9.41. The van der Waals surface area contributed by atoms with Crippen molar-refractivity contribution in [1.82, 2.24) is 15.5 Å². The molecule has 0 unspecified atom stereocenters. The first-order valence-electron chi connectivity index (χ1n) is 9.41. The van der Waals surface area contributed by atoms with Crippen LogP contribution < -0.4 is 15.4 Å². The zero-order valence-electron chi connectivity index (χ0n) is 16.1. The number of ether oxygens (including phenoxy) is 1. The van der Waals surface area contributed by atoms with Crippen molar-refractivity contribution in [1.29, 1.82) is 0 Å². The molecule has 1 aliphatic rings. The second kappa shape index (κ2) is 9.66. The number of nitrogens with zero attached hydrogens (tertiary/aromatic N) is 1. The molecular formula is C20H33N3O2. The van der Waals surface area contributed by atoms with Gasteiger partial charge in [0, 0.05) is 25.7 Å². The molecule has 5 heteroatoms. The third kappa shape index (κ3) is 6.58. The highest BCUT2D eigenvalue weighted by atomic mass is 16.5. The zero-order chi connectivity index (χ0) is 18.2. The van der Waals surface area contributed by atoms with Crippen molar-refractivity contribution in [2.24, 2.45) is 5.92 Å². The highest BCUT2D eigenvalue weighted by molar-refractivity contribution is 5.74. The SMILES string of the molecule is Cc1cccc(C)c1OCCNC(=O)NC1CCN(CC(C)C)CC1. The third-order valence-corrected chi connectivity index (χ3v) is 4.59. The number of likely N-dealkylation sites (tertiary alicyclic amines) is 1. The number of hydrogen-bond acceptors (Lipinski definition) is 3. The van der Waals surface area contributed by atoms with E-state index in [9.17, 15) is 4.79 Å². The monoisotopic (exact) mass is 347 g/mol. The fraction of sp³-hybridized carbons (Fsp3) is 0.650. The van der Waals surface area contributed by atoms with Crippen molar-refractivity contribution in [3.63, 3.8) is 0 Å². The summed E-state index contributed by atoms with van der Waals surface area (Å²) in [6, 6.07) is 6.29. The van der Waals surface area contributed by atoms with Gasteiger partial charge in [0.15, 0.2) is 0 Å². The van der Waals surface area contributed by atoms with E-state index in [0.29, 0.717) is 19.1 Å². The Labute approximate surface area is 152 Å². The molecule has 0 radical (unpaired) electrons. The Morgan fingerprint density at radius 2 is 1.88 bits per heavy atom. The molecule has 2 rings (SSSR count). The summed E-state index contributed by atoms with van der Waals surface area (Å²) in [5.41, 5.74) is 2.25. The average Bonchev–Trinajstić information content (AvgIpc) is 2.55. The number of amides is 2. The summed E-state index contributed by atoms with van der Waals surface area (Å²) in [7, 11) is 0. The van der Waals surface area contributed by atoms with E-state index in [1.165, 1.54) is 0 Å². The van der Waals surface area contributed by atoms with E-state index >= 15 is 0 Å². The molecule has 140 valence electrons. The van der Waals surface area contributed by atoms with Gasteiger partial charge in [0.25, 0.3) is 0 Å². The number of nitrogens with one attached hydrogen (secondary N) is 2. The van der Waals surface area contributed by atoms with E-state index in [1.807, 2.05) is 32.0 Å². The van der Waals surface area contributed by atoms with Crippen LogP contribution in [-0.2, 0) is 0 Å². The summed E-state index contributed by atoms with van der Waals surface area (Å²) in [5, 5.41) is 5.98. The van der Waals surface area contributed by atoms with Crippen LogP contribution in [0.3, 0.4) is 0 Å². The summed E-state index contributed by atoms with van der Waals surface area (Å²) in [6.45, 7) is 12.8. The third-order valence-electron chi connectivity index (χ3n) is 4.59. The lowest BCUT2D eigenvalue weighted by Gasteiger charge is -2.33. The molecule has 1 aromatic rings. The molecule has 1 saturated heterocycles. The predicted octanol–water partition coefficient (Wildman–Crippen LogP) is 3.10. The lowest BCUT2D eigenvalue weighted by atomic mass is 10.0. The van der Waals surface area contributed by atoms with Crippen LogP contribution in [0.25, 0.3) is 0 Å². The molecule has 0 saturated carbocycles. The van der Waals surface area contributed by atoms with E-state index in [4.69, 9.17) is 4.74 Å². The van der Waals surface area contributed by atoms with Crippen molar-refractivity contribution < 1.29 is 9.53 Å². The number of piperidine rings is 1. The van der Waals surface area contributed by atoms with E-state index in [1.54, 1.807) is 0 Å². The van der Waals surface area contributed by atoms with Crippen molar-refractivity contribution in [2.75, 3.05) is 32.8 Å².